The lowest BCUT2D eigenvalue weighted by atomic mass is 10.1. The fourth-order valence-corrected chi connectivity index (χ4v) is 0.850. The number of nitrogens with zero attached hydrogens (tertiary/aromatic N) is 1. The van der Waals surface area contributed by atoms with Gasteiger partial charge in [0.25, 0.3) is 0 Å². The molecule has 0 aromatic carbocycles. The molecule has 1 aromatic rings. The molecule has 0 saturated carbocycles. The number of aliphatic hydroxyl groups is 1. The van der Waals surface area contributed by atoms with E-state index in [2.05, 4.69) is 9.97 Å². The van der Waals surface area contributed by atoms with Gasteiger partial charge in [0.15, 0.2) is 0 Å². The van der Waals surface area contributed by atoms with Crippen molar-refractivity contribution < 1.29 is 5.11 Å². The number of imidazole rings is 1. The molecule has 0 aliphatic rings. The van der Waals surface area contributed by atoms with E-state index in [1.54, 1.807) is 20.0 Å². The molecule has 1 aromatic heterocycles. The van der Waals surface area contributed by atoms with Crippen LogP contribution in [0, 0.1) is 0 Å². The van der Waals surface area contributed by atoms with Crippen molar-refractivity contribution in [1.29, 1.82) is 0 Å². The Kier molecular flexibility index (Phi) is 2.00. The van der Waals surface area contributed by atoms with Gasteiger partial charge in [0.2, 0.25) is 0 Å². The Morgan fingerprint density at radius 1 is 1.64 bits per heavy atom. The first-order chi connectivity index (χ1) is 5.04. The Morgan fingerprint density at radius 3 is 2.55 bits per heavy atom. The molecule has 11 heavy (non-hydrogen) atoms. The average Bonchev–Trinajstić information content (AvgIpc) is 2.32. The molecule has 0 unspecified atom stereocenters. The number of aromatic amines is 1. The van der Waals surface area contributed by atoms with Gasteiger partial charge in [-0.15, -0.1) is 0 Å². The lowest BCUT2D eigenvalue weighted by Gasteiger charge is -2.12. The third-order valence-electron chi connectivity index (χ3n) is 1.59. The van der Waals surface area contributed by atoms with Gasteiger partial charge in [0.1, 0.15) is 11.4 Å². The van der Waals surface area contributed by atoms with Crippen LogP contribution in [0.1, 0.15) is 32.3 Å². The standard InChI is InChI=1S/C8H14N2O/c1-4-6-5-9-7(10-6)8(2,3)11/h5,11H,4H2,1-3H3,(H,9,10). The Labute approximate surface area is 66.5 Å². The van der Waals surface area contributed by atoms with Crippen LogP contribution in [0.2, 0.25) is 0 Å². The summed E-state index contributed by atoms with van der Waals surface area (Å²) in [6.07, 6.45) is 2.68. The van der Waals surface area contributed by atoms with Gasteiger partial charge >= 0.3 is 0 Å². The molecular weight excluding hydrogens is 140 g/mol. The van der Waals surface area contributed by atoms with Crippen LogP contribution in [0.3, 0.4) is 0 Å². The molecule has 1 rings (SSSR count). The lowest BCUT2D eigenvalue weighted by molar-refractivity contribution is 0.0695. The maximum absolute atomic E-state index is 9.50. The van der Waals surface area contributed by atoms with E-state index in [0.29, 0.717) is 5.82 Å². The van der Waals surface area contributed by atoms with E-state index in [0.717, 1.165) is 12.1 Å². The summed E-state index contributed by atoms with van der Waals surface area (Å²) in [5.41, 5.74) is 0.204. The minimum Gasteiger partial charge on any atom is -0.383 e. The lowest BCUT2D eigenvalue weighted by Crippen LogP contribution is -2.17. The highest BCUT2D eigenvalue weighted by Crippen LogP contribution is 2.15. The van der Waals surface area contributed by atoms with Crippen LogP contribution in [-0.2, 0) is 12.0 Å². The number of hydrogen-bond donors (Lipinski definition) is 2. The summed E-state index contributed by atoms with van der Waals surface area (Å²) in [7, 11) is 0. The van der Waals surface area contributed by atoms with Crippen molar-refractivity contribution >= 4 is 0 Å². The number of nitrogens with one attached hydrogen (secondary N) is 1. The van der Waals surface area contributed by atoms with Crippen molar-refractivity contribution in [2.75, 3.05) is 0 Å². The summed E-state index contributed by atoms with van der Waals surface area (Å²) in [5, 5.41) is 9.50. The van der Waals surface area contributed by atoms with Crippen LogP contribution in [0.5, 0.6) is 0 Å². The number of H-pyrrole nitrogens is 1. The van der Waals surface area contributed by atoms with Crippen LogP contribution >= 0.6 is 0 Å². The second kappa shape index (κ2) is 2.66. The van der Waals surface area contributed by atoms with E-state index in [1.165, 1.54) is 0 Å². The summed E-state index contributed by atoms with van der Waals surface area (Å²) in [4.78, 5) is 7.09. The van der Waals surface area contributed by atoms with Gasteiger partial charge in [0.05, 0.1) is 0 Å². The minimum atomic E-state index is -0.854. The first kappa shape index (κ1) is 8.27. The Bertz CT molecular complexity index is 234. The Hall–Kier alpha value is -0.830. The van der Waals surface area contributed by atoms with Crippen molar-refractivity contribution in [2.24, 2.45) is 0 Å². The Balaban J connectivity index is 2.89. The molecule has 0 saturated heterocycles. The van der Waals surface area contributed by atoms with Crippen molar-refractivity contribution in [2.45, 2.75) is 32.8 Å². The van der Waals surface area contributed by atoms with Crippen LogP contribution in [-0.4, -0.2) is 15.1 Å². The summed E-state index contributed by atoms with van der Waals surface area (Å²) in [6.45, 7) is 5.47. The molecule has 1 heterocycles. The van der Waals surface area contributed by atoms with Crippen molar-refractivity contribution in [1.82, 2.24) is 9.97 Å². The van der Waals surface area contributed by atoms with E-state index < -0.39 is 5.60 Å². The molecule has 0 amide bonds. The SMILES string of the molecule is CCc1cnc(C(C)(C)O)[nH]1. The molecule has 3 nitrogen and oxygen atoms in total. The highest BCUT2D eigenvalue weighted by molar-refractivity contribution is 5.05. The molecule has 0 fully saturated rings. The molecule has 2 N–H and O–H groups in total. The number of hydrogen-bond acceptors (Lipinski definition) is 2. The summed E-state index contributed by atoms with van der Waals surface area (Å²) < 4.78 is 0. The van der Waals surface area contributed by atoms with E-state index in [1.807, 2.05) is 6.92 Å². The maximum Gasteiger partial charge on any atom is 0.137 e. The fourth-order valence-electron chi connectivity index (χ4n) is 0.850. The predicted molar refractivity (Wildman–Crippen MR) is 43.2 cm³/mol. The summed E-state index contributed by atoms with van der Waals surface area (Å²) in [5.74, 6) is 0.634. The van der Waals surface area contributed by atoms with Crippen LogP contribution in [0.15, 0.2) is 6.20 Å². The van der Waals surface area contributed by atoms with Gasteiger partial charge in [-0.05, 0) is 20.3 Å². The maximum atomic E-state index is 9.50. The smallest absolute Gasteiger partial charge is 0.137 e. The van der Waals surface area contributed by atoms with Gasteiger partial charge in [-0.3, -0.25) is 0 Å². The van der Waals surface area contributed by atoms with Gasteiger partial charge in [-0.1, -0.05) is 6.92 Å². The number of aryl methyl sites for hydroxylation is 1. The quantitative estimate of drug-likeness (QED) is 0.672. The van der Waals surface area contributed by atoms with Crippen LogP contribution in [0.4, 0.5) is 0 Å². The third-order valence-corrected chi connectivity index (χ3v) is 1.59. The highest BCUT2D eigenvalue weighted by atomic mass is 16.3. The summed E-state index contributed by atoms with van der Waals surface area (Å²) in [6, 6.07) is 0. The summed E-state index contributed by atoms with van der Waals surface area (Å²) >= 11 is 0. The van der Waals surface area contributed by atoms with Crippen molar-refractivity contribution in [3.05, 3.63) is 17.7 Å². The minimum absolute atomic E-state index is 0.634. The van der Waals surface area contributed by atoms with Gasteiger partial charge in [0, 0.05) is 11.9 Å². The zero-order valence-corrected chi connectivity index (χ0v) is 7.18. The molecule has 0 bridgehead atoms. The molecular formula is C8H14N2O. The highest BCUT2D eigenvalue weighted by Gasteiger charge is 2.18. The molecule has 0 radical (unpaired) electrons. The first-order valence-corrected chi connectivity index (χ1v) is 3.80. The zero-order valence-electron chi connectivity index (χ0n) is 7.18. The van der Waals surface area contributed by atoms with E-state index in [-0.39, 0.29) is 0 Å². The molecule has 62 valence electrons. The normalized spacial score (nSPS) is 12.0. The second-order valence-electron chi connectivity index (χ2n) is 3.17. The fraction of sp³-hybridized carbons (Fsp3) is 0.625. The van der Waals surface area contributed by atoms with E-state index in [4.69, 9.17) is 0 Å². The van der Waals surface area contributed by atoms with Gasteiger partial charge in [-0.25, -0.2) is 4.98 Å². The second-order valence-corrected chi connectivity index (χ2v) is 3.17. The first-order valence-electron chi connectivity index (χ1n) is 3.80. The van der Waals surface area contributed by atoms with Crippen LogP contribution < -0.4 is 0 Å². The van der Waals surface area contributed by atoms with Crippen LogP contribution in [0.25, 0.3) is 0 Å². The molecule has 0 spiro atoms. The molecule has 3 heteroatoms. The largest absolute Gasteiger partial charge is 0.383 e. The van der Waals surface area contributed by atoms with Gasteiger partial charge in [-0.2, -0.15) is 0 Å². The monoisotopic (exact) mass is 154 g/mol. The topological polar surface area (TPSA) is 48.9 Å². The third kappa shape index (κ3) is 1.80. The Morgan fingerprint density at radius 2 is 2.27 bits per heavy atom. The van der Waals surface area contributed by atoms with Crippen molar-refractivity contribution in [3.8, 4) is 0 Å². The van der Waals surface area contributed by atoms with Crippen molar-refractivity contribution in [3.63, 3.8) is 0 Å². The molecule has 0 aliphatic heterocycles. The zero-order chi connectivity index (χ0) is 8.48. The number of aromatic nitrogens is 2. The number of rotatable bonds is 2. The van der Waals surface area contributed by atoms with Gasteiger partial charge < -0.3 is 10.1 Å². The van der Waals surface area contributed by atoms with E-state index >= 15 is 0 Å². The average molecular weight is 154 g/mol. The predicted octanol–water partition coefficient (Wildman–Crippen LogP) is 1.20. The molecule has 0 aliphatic carbocycles. The molecule has 0 atom stereocenters. The van der Waals surface area contributed by atoms with E-state index in [9.17, 15) is 5.11 Å².